The molecule has 0 saturated heterocycles. The number of carbonyl (C=O) groups is 1. The van der Waals surface area contributed by atoms with E-state index in [9.17, 15) is 10.1 Å². The molecule has 2 heterocycles. The molecule has 0 saturated carbocycles. The number of Topliss-reactive ketones (excluding diaryl/α,β-unsaturated/α-hetero) is 1. The molecule has 0 atom stereocenters. The molecule has 130 valence electrons. The molecule has 0 radical (unpaired) electrons. The predicted octanol–water partition coefficient (Wildman–Crippen LogP) is 4.34. The first kappa shape index (κ1) is 18.7. The maximum Gasteiger partial charge on any atom is 0.228 e. The summed E-state index contributed by atoms with van der Waals surface area (Å²) in [6.07, 6.45) is 1.27. The second kappa shape index (κ2) is 7.08. The number of rotatable bonds is 4. The third-order valence-electron chi connectivity index (χ3n) is 3.44. The highest BCUT2D eigenvalue weighted by atomic mass is 35.5. The maximum absolute atomic E-state index is 12.6. The van der Waals surface area contributed by atoms with Gasteiger partial charge >= 0.3 is 0 Å². The normalized spacial score (nSPS) is 12.0. The Morgan fingerprint density at radius 1 is 1.32 bits per heavy atom. The van der Waals surface area contributed by atoms with Gasteiger partial charge in [0.15, 0.2) is 0 Å². The number of halogens is 1. The number of aromatic nitrogens is 2. The summed E-state index contributed by atoms with van der Waals surface area (Å²) in [6, 6.07) is 5.18. The first-order valence-electron chi connectivity index (χ1n) is 7.65. The van der Waals surface area contributed by atoms with Gasteiger partial charge in [-0.05, 0) is 26.0 Å². The maximum atomic E-state index is 12.6. The quantitative estimate of drug-likeness (QED) is 0.378. The zero-order valence-corrected chi connectivity index (χ0v) is 15.5. The molecule has 7 heteroatoms. The summed E-state index contributed by atoms with van der Waals surface area (Å²) in [5.74, 6) is 0.952. The summed E-state index contributed by atoms with van der Waals surface area (Å²) in [6.45, 7) is 9.43. The standard InChI is InChI=1S/C18H19ClN4O2/c1-10-6-15(19)23-17(22-10)21-9-12(8-20)16(24)13-7-14(18(3,4)5)25-11(13)2/h6-7,9H,1-5H3,(H,21,22,23). The van der Waals surface area contributed by atoms with E-state index in [0.717, 1.165) is 0 Å². The molecule has 0 aliphatic heterocycles. The molecule has 0 bridgehead atoms. The smallest absolute Gasteiger partial charge is 0.228 e. The zero-order chi connectivity index (χ0) is 18.8. The number of ketones is 1. The van der Waals surface area contributed by atoms with Crippen LogP contribution in [0.25, 0.3) is 0 Å². The summed E-state index contributed by atoms with van der Waals surface area (Å²) < 4.78 is 5.67. The number of furan rings is 1. The Bertz CT molecular complexity index is 865. The minimum atomic E-state index is -0.425. The fourth-order valence-corrected chi connectivity index (χ4v) is 2.34. The van der Waals surface area contributed by atoms with Gasteiger partial charge in [-0.25, -0.2) is 9.97 Å². The molecule has 2 aromatic heterocycles. The molecule has 2 aromatic rings. The lowest BCUT2D eigenvalue weighted by Crippen LogP contribution is -2.09. The van der Waals surface area contributed by atoms with Crippen LogP contribution in [-0.4, -0.2) is 15.8 Å². The van der Waals surface area contributed by atoms with Crippen LogP contribution in [-0.2, 0) is 5.41 Å². The predicted molar refractivity (Wildman–Crippen MR) is 95.6 cm³/mol. The van der Waals surface area contributed by atoms with E-state index in [1.807, 2.05) is 26.8 Å². The first-order chi connectivity index (χ1) is 11.6. The topological polar surface area (TPSA) is 91.8 Å². The minimum Gasteiger partial charge on any atom is -0.465 e. The highest BCUT2D eigenvalue weighted by Crippen LogP contribution is 2.28. The molecular formula is C18H19ClN4O2. The molecule has 6 nitrogen and oxygen atoms in total. The molecule has 2 rings (SSSR count). The Morgan fingerprint density at radius 2 is 2.00 bits per heavy atom. The van der Waals surface area contributed by atoms with Gasteiger partial charge in [-0.1, -0.05) is 32.4 Å². The van der Waals surface area contributed by atoms with Crippen molar-refractivity contribution in [3.63, 3.8) is 0 Å². The lowest BCUT2D eigenvalue weighted by molar-refractivity contribution is 0.103. The van der Waals surface area contributed by atoms with E-state index >= 15 is 0 Å². The van der Waals surface area contributed by atoms with Gasteiger partial charge in [0, 0.05) is 17.3 Å². The van der Waals surface area contributed by atoms with Gasteiger partial charge in [0.05, 0.1) is 5.56 Å². The van der Waals surface area contributed by atoms with Gasteiger partial charge < -0.3 is 9.73 Å². The Morgan fingerprint density at radius 3 is 2.52 bits per heavy atom. The van der Waals surface area contributed by atoms with Crippen molar-refractivity contribution in [2.24, 2.45) is 0 Å². The second-order valence-corrected chi connectivity index (χ2v) is 7.02. The van der Waals surface area contributed by atoms with E-state index in [1.165, 1.54) is 6.20 Å². The number of nitrogens with one attached hydrogen (secondary N) is 1. The molecule has 1 N–H and O–H groups in total. The second-order valence-electron chi connectivity index (χ2n) is 6.63. The summed E-state index contributed by atoms with van der Waals surface area (Å²) in [5.41, 5.74) is 0.721. The van der Waals surface area contributed by atoms with Crippen molar-refractivity contribution < 1.29 is 9.21 Å². The number of hydrogen-bond donors (Lipinski definition) is 1. The highest BCUT2D eigenvalue weighted by Gasteiger charge is 2.24. The molecule has 25 heavy (non-hydrogen) atoms. The van der Waals surface area contributed by atoms with E-state index in [2.05, 4.69) is 15.3 Å². The van der Waals surface area contributed by atoms with Crippen LogP contribution in [0.5, 0.6) is 0 Å². The average molecular weight is 359 g/mol. The number of nitrogens with zero attached hydrogens (tertiary/aromatic N) is 3. The summed E-state index contributed by atoms with van der Waals surface area (Å²) in [4.78, 5) is 20.8. The van der Waals surface area contributed by atoms with Crippen LogP contribution in [0, 0.1) is 25.2 Å². The zero-order valence-electron chi connectivity index (χ0n) is 14.8. The SMILES string of the molecule is Cc1cc(Cl)nc(NC=C(C#N)C(=O)c2cc(C(C)(C)C)oc2C)n1. The number of hydrogen-bond acceptors (Lipinski definition) is 6. The Labute approximate surface area is 151 Å². The van der Waals surface area contributed by atoms with E-state index in [4.69, 9.17) is 16.0 Å². The first-order valence-corrected chi connectivity index (χ1v) is 8.03. The van der Waals surface area contributed by atoms with E-state index in [-0.39, 0.29) is 22.1 Å². The third-order valence-corrected chi connectivity index (χ3v) is 3.63. The molecule has 0 spiro atoms. The van der Waals surface area contributed by atoms with E-state index < -0.39 is 5.78 Å². The molecular weight excluding hydrogens is 340 g/mol. The number of carbonyl (C=O) groups excluding carboxylic acids is 1. The van der Waals surface area contributed by atoms with Crippen LogP contribution in [0.4, 0.5) is 5.95 Å². The van der Waals surface area contributed by atoms with Crippen LogP contribution >= 0.6 is 11.6 Å². The monoisotopic (exact) mass is 358 g/mol. The average Bonchev–Trinajstić information content (AvgIpc) is 2.88. The van der Waals surface area contributed by atoms with Gasteiger partial charge in [0.1, 0.15) is 28.3 Å². The van der Waals surface area contributed by atoms with Crippen LogP contribution in [0.2, 0.25) is 5.15 Å². The molecule has 0 amide bonds. The van der Waals surface area contributed by atoms with Gasteiger partial charge in [0.25, 0.3) is 0 Å². The molecule has 0 unspecified atom stereocenters. The van der Waals surface area contributed by atoms with Crippen molar-refractivity contribution in [2.75, 3.05) is 5.32 Å². The van der Waals surface area contributed by atoms with Gasteiger partial charge in [-0.3, -0.25) is 4.79 Å². The fraction of sp³-hybridized carbons (Fsp3) is 0.333. The van der Waals surface area contributed by atoms with Crippen LogP contribution in [0.3, 0.4) is 0 Å². The Kier molecular flexibility index (Phi) is 5.29. The Hall–Kier alpha value is -2.65. The van der Waals surface area contributed by atoms with Crippen molar-refractivity contribution in [1.82, 2.24) is 9.97 Å². The summed E-state index contributed by atoms with van der Waals surface area (Å²) >= 11 is 5.87. The van der Waals surface area contributed by atoms with E-state index in [0.29, 0.717) is 22.8 Å². The molecule has 0 aromatic carbocycles. The van der Waals surface area contributed by atoms with Crippen molar-refractivity contribution >= 4 is 23.3 Å². The van der Waals surface area contributed by atoms with Gasteiger partial charge in [-0.15, -0.1) is 0 Å². The van der Waals surface area contributed by atoms with Crippen molar-refractivity contribution in [3.8, 4) is 6.07 Å². The Balaban J connectivity index is 2.30. The van der Waals surface area contributed by atoms with Crippen LogP contribution in [0.15, 0.2) is 28.3 Å². The number of anilines is 1. The number of allylic oxidation sites excluding steroid dienone is 1. The van der Waals surface area contributed by atoms with Gasteiger partial charge in [0.2, 0.25) is 11.7 Å². The minimum absolute atomic E-state index is 0.0782. The lowest BCUT2D eigenvalue weighted by Gasteiger charge is -2.13. The number of aryl methyl sites for hydroxylation is 2. The fourth-order valence-electron chi connectivity index (χ4n) is 2.10. The van der Waals surface area contributed by atoms with Crippen LogP contribution in [0.1, 0.15) is 48.3 Å². The molecule has 0 aliphatic carbocycles. The number of nitriles is 1. The summed E-state index contributed by atoms with van der Waals surface area (Å²) in [7, 11) is 0. The molecule has 0 fully saturated rings. The summed E-state index contributed by atoms with van der Waals surface area (Å²) in [5, 5.41) is 12.3. The van der Waals surface area contributed by atoms with Crippen molar-refractivity contribution in [3.05, 3.63) is 51.8 Å². The third kappa shape index (κ3) is 4.46. The lowest BCUT2D eigenvalue weighted by atomic mass is 9.92. The van der Waals surface area contributed by atoms with Gasteiger partial charge in [-0.2, -0.15) is 5.26 Å². The largest absolute Gasteiger partial charge is 0.465 e. The van der Waals surface area contributed by atoms with Crippen molar-refractivity contribution in [1.29, 1.82) is 5.26 Å². The van der Waals surface area contributed by atoms with Crippen LogP contribution < -0.4 is 5.32 Å². The highest BCUT2D eigenvalue weighted by molar-refractivity contribution is 6.29. The van der Waals surface area contributed by atoms with Crippen molar-refractivity contribution in [2.45, 2.75) is 40.0 Å². The molecule has 0 aliphatic rings. The van der Waals surface area contributed by atoms with E-state index in [1.54, 1.807) is 26.0 Å².